The highest BCUT2D eigenvalue weighted by Crippen LogP contribution is 2.19. The summed E-state index contributed by atoms with van der Waals surface area (Å²) in [6, 6.07) is 2.76. The Morgan fingerprint density at radius 2 is 2.13 bits per heavy atom. The Bertz CT molecular complexity index is 384. The fraction of sp³-hybridized carbons (Fsp3) is 0.111. The Morgan fingerprint density at radius 3 is 2.60 bits per heavy atom. The van der Waals surface area contributed by atoms with E-state index in [9.17, 15) is 18.0 Å². The highest BCUT2D eigenvalue weighted by molar-refractivity contribution is 5.99. The van der Waals surface area contributed by atoms with Gasteiger partial charge in [-0.05, 0) is 12.1 Å². The van der Waals surface area contributed by atoms with Gasteiger partial charge in [0.1, 0.15) is 5.76 Å². The van der Waals surface area contributed by atoms with E-state index in [2.05, 4.69) is 4.98 Å². The van der Waals surface area contributed by atoms with Crippen LogP contribution in [0.4, 0.5) is 13.2 Å². The zero-order valence-electron chi connectivity index (χ0n) is 7.32. The number of aliphatic hydroxyl groups excluding tert-OH is 1. The molecule has 6 heteroatoms. The van der Waals surface area contributed by atoms with E-state index >= 15 is 0 Å². The zero-order valence-corrected chi connectivity index (χ0v) is 7.32. The molecule has 1 N–H and O–H groups in total. The minimum atomic E-state index is -4.98. The first-order valence-corrected chi connectivity index (χ1v) is 3.83. The molecule has 0 unspecified atom stereocenters. The number of nitrogens with zero attached hydrogens (tertiary/aromatic N) is 1. The third-order valence-corrected chi connectivity index (χ3v) is 1.50. The van der Waals surface area contributed by atoms with E-state index in [1.807, 2.05) is 0 Å². The highest BCUT2D eigenvalue weighted by Gasteiger charge is 2.36. The number of aliphatic hydroxyl groups is 1. The molecule has 0 amide bonds. The maximum atomic E-state index is 11.8. The standard InChI is InChI=1S/C9H6F3NO2/c10-9(11,12)8(15)4-7(14)6-2-1-3-13-5-6/h1-5,14H/b7-4+. The van der Waals surface area contributed by atoms with Gasteiger partial charge in [0.05, 0.1) is 0 Å². The number of hydrogen-bond donors (Lipinski definition) is 1. The molecule has 0 radical (unpaired) electrons. The largest absolute Gasteiger partial charge is 0.507 e. The van der Waals surface area contributed by atoms with Crippen molar-refractivity contribution in [2.75, 3.05) is 0 Å². The van der Waals surface area contributed by atoms with Crippen LogP contribution in [0, 0.1) is 0 Å². The Kier molecular flexibility index (Phi) is 3.08. The maximum absolute atomic E-state index is 11.8. The number of hydrogen-bond acceptors (Lipinski definition) is 3. The summed E-state index contributed by atoms with van der Waals surface area (Å²) in [5, 5.41) is 9.15. The molecule has 15 heavy (non-hydrogen) atoms. The number of aromatic nitrogens is 1. The number of carbonyl (C=O) groups is 1. The van der Waals surface area contributed by atoms with Gasteiger partial charge >= 0.3 is 6.18 Å². The molecule has 1 rings (SSSR count). The molecule has 0 atom stereocenters. The van der Waals surface area contributed by atoms with Crippen molar-refractivity contribution < 1.29 is 23.1 Å². The molecule has 0 fully saturated rings. The SMILES string of the molecule is O=C(/C=C(/O)c1cccnc1)C(F)(F)F. The summed E-state index contributed by atoms with van der Waals surface area (Å²) in [4.78, 5) is 14.0. The monoisotopic (exact) mass is 217 g/mol. The van der Waals surface area contributed by atoms with Crippen LogP contribution in [-0.2, 0) is 4.79 Å². The van der Waals surface area contributed by atoms with Crippen LogP contribution in [0.5, 0.6) is 0 Å². The van der Waals surface area contributed by atoms with E-state index in [0.29, 0.717) is 0 Å². The van der Waals surface area contributed by atoms with Crippen molar-refractivity contribution in [2.24, 2.45) is 0 Å². The first-order valence-electron chi connectivity index (χ1n) is 3.83. The van der Waals surface area contributed by atoms with Crippen molar-refractivity contribution in [3.63, 3.8) is 0 Å². The van der Waals surface area contributed by atoms with Crippen molar-refractivity contribution in [3.05, 3.63) is 36.2 Å². The lowest BCUT2D eigenvalue weighted by Gasteiger charge is -2.02. The predicted molar refractivity (Wildman–Crippen MR) is 45.9 cm³/mol. The minimum absolute atomic E-state index is 0.0510. The van der Waals surface area contributed by atoms with Crippen molar-refractivity contribution in [2.45, 2.75) is 6.18 Å². The summed E-state index contributed by atoms with van der Waals surface area (Å²) in [6.45, 7) is 0. The Balaban J connectivity index is 2.91. The molecular weight excluding hydrogens is 211 g/mol. The van der Waals surface area contributed by atoms with E-state index in [4.69, 9.17) is 5.11 Å². The molecule has 0 bridgehead atoms. The van der Waals surface area contributed by atoms with Gasteiger partial charge < -0.3 is 5.11 Å². The molecule has 0 saturated carbocycles. The van der Waals surface area contributed by atoms with Crippen LogP contribution >= 0.6 is 0 Å². The van der Waals surface area contributed by atoms with Gasteiger partial charge in [0, 0.05) is 24.0 Å². The molecule has 0 saturated heterocycles. The molecule has 1 aromatic heterocycles. The third-order valence-electron chi connectivity index (χ3n) is 1.50. The first-order chi connectivity index (χ1) is 6.91. The number of allylic oxidation sites excluding steroid dienone is 1. The molecule has 80 valence electrons. The van der Waals surface area contributed by atoms with Gasteiger partial charge in [0.2, 0.25) is 0 Å². The second-order valence-electron chi connectivity index (χ2n) is 2.63. The van der Waals surface area contributed by atoms with E-state index in [1.165, 1.54) is 18.3 Å². The molecule has 0 aliphatic heterocycles. The fourth-order valence-corrected chi connectivity index (χ4v) is 0.804. The zero-order chi connectivity index (χ0) is 11.5. The van der Waals surface area contributed by atoms with Crippen LogP contribution in [0.2, 0.25) is 0 Å². The van der Waals surface area contributed by atoms with Crippen LogP contribution in [0.25, 0.3) is 5.76 Å². The molecular formula is C9H6F3NO2. The van der Waals surface area contributed by atoms with E-state index in [-0.39, 0.29) is 11.6 Å². The minimum Gasteiger partial charge on any atom is -0.507 e. The molecule has 0 aromatic carbocycles. The molecule has 0 aliphatic carbocycles. The van der Waals surface area contributed by atoms with Gasteiger partial charge in [-0.25, -0.2) is 0 Å². The Labute approximate surface area is 82.9 Å². The molecule has 1 heterocycles. The second-order valence-corrected chi connectivity index (χ2v) is 2.63. The van der Waals surface area contributed by atoms with Crippen LogP contribution < -0.4 is 0 Å². The lowest BCUT2D eigenvalue weighted by molar-refractivity contribution is -0.165. The molecule has 0 aliphatic rings. The lowest BCUT2D eigenvalue weighted by Crippen LogP contribution is -2.20. The number of rotatable bonds is 2. The maximum Gasteiger partial charge on any atom is 0.454 e. The Hall–Kier alpha value is -1.85. The van der Waals surface area contributed by atoms with Crippen molar-refractivity contribution in [1.29, 1.82) is 0 Å². The molecule has 0 spiro atoms. The van der Waals surface area contributed by atoms with Gasteiger partial charge in [0.25, 0.3) is 5.78 Å². The van der Waals surface area contributed by atoms with Crippen molar-refractivity contribution in [3.8, 4) is 0 Å². The summed E-state index contributed by atoms with van der Waals surface area (Å²) in [5.41, 5.74) is 0.0510. The van der Waals surface area contributed by atoms with Crippen molar-refractivity contribution >= 4 is 11.5 Å². The topological polar surface area (TPSA) is 50.2 Å². The summed E-state index contributed by atoms with van der Waals surface area (Å²) in [7, 11) is 0. The van der Waals surface area contributed by atoms with Gasteiger partial charge in [0.15, 0.2) is 0 Å². The van der Waals surface area contributed by atoms with E-state index in [1.54, 1.807) is 0 Å². The Morgan fingerprint density at radius 1 is 1.47 bits per heavy atom. The highest BCUT2D eigenvalue weighted by atomic mass is 19.4. The summed E-state index contributed by atoms with van der Waals surface area (Å²) in [5.74, 6) is -2.87. The normalized spacial score (nSPS) is 12.6. The van der Waals surface area contributed by atoms with Crippen LogP contribution in [0.15, 0.2) is 30.6 Å². The summed E-state index contributed by atoms with van der Waals surface area (Å²) < 4.78 is 35.4. The fourth-order valence-electron chi connectivity index (χ4n) is 0.804. The summed E-state index contributed by atoms with van der Waals surface area (Å²) in [6.07, 6.45) is -2.31. The van der Waals surface area contributed by atoms with Gasteiger partial charge in [-0.3, -0.25) is 9.78 Å². The second kappa shape index (κ2) is 4.12. The number of pyridine rings is 1. The van der Waals surface area contributed by atoms with Crippen LogP contribution in [0.3, 0.4) is 0 Å². The molecule has 1 aromatic rings. The van der Waals surface area contributed by atoms with Gasteiger partial charge in [-0.15, -0.1) is 0 Å². The number of ketones is 1. The van der Waals surface area contributed by atoms with Crippen LogP contribution in [-0.4, -0.2) is 22.1 Å². The quantitative estimate of drug-likeness (QED) is 0.609. The average Bonchev–Trinajstić information content (AvgIpc) is 2.17. The van der Waals surface area contributed by atoms with E-state index in [0.717, 1.165) is 6.20 Å². The van der Waals surface area contributed by atoms with E-state index < -0.39 is 17.7 Å². The first kappa shape index (κ1) is 11.2. The summed E-state index contributed by atoms with van der Waals surface area (Å²) >= 11 is 0. The third kappa shape index (κ3) is 3.08. The van der Waals surface area contributed by atoms with Gasteiger partial charge in [-0.1, -0.05) is 0 Å². The number of carbonyl (C=O) groups excluding carboxylic acids is 1. The number of alkyl halides is 3. The molecule has 3 nitrogen and oxygen atoms in total. The van der Waals surface area contributed by atoms with Gasteiger partial charge in [-0.2, -0.15) is 13.2 Å². The average molecular weight is 217 g/mol. The number of halogens is 3. The van der Waals surface area contributed by atoms with Crippen LogP contribution in [0.1, 0.15) is 5.56 Å². The van der Waals surface area contributed by atoms with Crippen molar-refractivity contribution in [1.82, 2.24) is 4.98 Å². The smallest absolute Gasteiger partial charge is 0.454 e. The lowest BCUT2D eigenvalue weighted by atomic mass is 10.2. The predicted octanol–water partition coefficient (Wildman–Crippen LogP) is 2.11.